The first-order valence-electron chi connectivity index (χ1n) is 3.52. The van der Waals surface area contributed by atoms with E-state index in [0.717, 1.165) is 11.1 Å². The Morgan fingerprint density at radius 3 is 2.08 bits per heavy atom. The third-order valence-corrected chi connectivity index (χ3v) is 2.65. The first-order chi connectivity index (χ1) is 5.46. The minimum atomic E-state index is 0.0581. The summed E-state index contributed by atoms with van der Waals surface area (Å²) in [5.41, 5.74) is 2.15. The van der Waals surface area contributed by atoms with Crippen LogP contribution in [-0.4, -0.2) is 20.8 Å². The van der Waals surface area contributed by atoms with Gasteiger partial charge in [0, 0.05) is 0 Å². The molecule has 0 unspecified atom stereocenters. The predicted molar refractivity (Wildman–Crippen MR) is 55.6 cm³/mol. The Hall–Kier alpha value is -0.500. The van der Waals surface area contributed by atoms with E-state index in [-0.39, 0.29) is 11.2 Å². The molecule has 0 bridgehead atoms. The number of thiol groups is 1. The Labute approximate surface area is 80.4 Å². The molecule has 0 aromatic heterocycles. The third kappa shape index (κ3) is 1.24. The summed E-state index contributed by atoms with van der Waals surface area (Å²) in [6.45, 7) is 3.62. The molecule has 0 aliphatic heterocycles. The van der Waals surface area contributed by atoms with Gasteiger partial charge in [-0.15, -0.1) is 12.6 Å². The van der Waals surface area contributed by atoms with Crippen molar-refractivity contribution < 1.29 is 5.11 Å². The second-order valence-corrected chi connectivity index (χ2v) is 3.22. The second kappa shape index (κ2) is 3.09. The fourth-order valence-corrected chi connectivity index (χ4v) is 1.30. The van der Waals surface area contributed by atoms with Gasteiger partial charge in [-0.05, 0) is 29.9 Å². The number of rotatable bonds is 0. The highest BCUT2D eigenvalue weighted by atomic mass is 32.1. The Morgan fingerprint density at radius 1 is 1.08 bits per heavy atom. The summed E-state index contributed by atoms with van der Waals surface area (Å²) in [5, 5.41) is 9.45. The molecule has 58 valence electrons. The van der Waals surface area contributed by atoms with Crippen molar-refractivity contribution >= 4 is 39.2 Å². The number of hydrogen-bond acceptors (Lipinski definition) is 2. The zero-order chi connectivity index (χ0) is 9.46. The molecule has 0 saturated heterocycles. The standard InChI is InChI=1S/C8H8B2OS/c1-3-4(2)8(12)6(10)5(9)7(3)11/h11-12H,1-2H3. The van der Waals surface area contributed by atoms with Crippen LogP contribution in [0.25, 0.3) is 0 Å². The summed E-state index contributed by atoms with van der Waals surface area (Å²) in [6, 6.07) is 0. The molecule has 12 heavy (non-hydrogen) atoms. The number of aromatic hydroxyl groups is 1. The van der Waals surface area contributed by atoms with E-state index in [1.165, 1.54) is 0 Å². The molecule has 0 atom stereocenters. The molecule has 1 aromatic rings. The van der Waals surface area contributed by atoms with Crippen molar-refractivity contribution in [1.29, 1.82) is 0 Å². The van der Waals surface area contributed by atoms with Crippen LogP contribution in [0, 0.1) is 13.8 Å². The molecule has 0 spiro atoms. The van der Waals surface area contributed by atoms with E-state index in [0.29, 0.717) is 10.4 Å². The van der Waals surface area contributed by atoms with Crippen LogP contribution in [-0.2, 0) is 0 Å². The fourth-order valence-electron chi connectivity index (χ4n) is 1.01. The van der Waals surface area contributed by atoms with Gasteiger partial charge in [0.25, 0.3) is 0 Å². The van der Waals surface area contributed by atoms with Crippen LogP contribution in [0.4, 0.5) is 0 Å². The van der Waals surface area contributed by atoms with Crippen LogP contribution in [0.3, 0.4) is 0 Å². The lowest BCUT2D eigenvalue weighted by Crippen LogP contribution is -2.29. The van der Waals surface area contributed by atoms with Crippen molar-refractivity contribution in [2.75, 3.05) is 0 Å². The molecule has 1 N–H and O–H groups in total. The van der Waals surface area contributed by atoms with Crippen molar-refractivity contribution in [3.05, 3.63) is 11.1 Å². The molecule has 0 saturated carbocycles. The highest BCUT2D eigenvalue weighted by Gasteiger charge is 2.09. The van der Waals surface area contributed by atoms with E-state index in [4.69, 9.17) is 15.7 Å². The van der Waals surface area contributed by atoms with Gasteiger partial charge in [0.15, 0.2) is 0 Å². The van der Waals surface area contributed by atoms with E-state index < -0.39 is 0 Å². The average Bonchev–Trinajstić information content (AvgIpc) is 2.08. The van der Waals surface area contributed by atoms with Crippen molar-refractivity contribution in [2.24, 2.45) is 0 Å². The van der Waals surface area contributed by atoms with E-state index in [1.807, 2.05) is 6.92 Å². The lowest BCUT2D eigenvalue weighted by Gasteiger charge is -2.14. The summed E-state index contributed by atoms with van der Waals surface area (Å²) in [4.78, 5) is 0.641. The molecule has 0 fully saturated rings. The van der Waals surface area contributed by atoms with Gasteiger partial charge >= 0.3 is 0 Å². The summed E-state index contributed by atoms with van der Waals surface area (Å²) in [5.74, 6) is 0.0581. The van der Waals surface area contributed by atoms with Crippen molar-refractivity contribution in [1.82, 2.24) is 0 Å². The van der Waals surface area contributed by atoms with Crippen molar-refractivity contribution in [3.63, 3.8) is 0 Å². The molecule has 1 aromatic carbocycles. The maximum Gasteiger partial charge on any atom is 0.118 e. The molecule has 1 rings (SSSR count). The molecular formula is C8H8B2OS. The molecule has 4 radical (unpaired) electrons. The largest absolute Gasteiger partial charge is 0.508 e. The van der Waals surface area contributed by atoms with Crippen LogP contribution >= 0.6 is 12.6 Å². The maximum absolute atomic E-state index is 9.45. The quantitative estimate of drug-likeness (QED) is 0.415. The zero-order valence-electron chi connectivity index (χ0n) is 7.05. The number of phenolic OH excluding ortho intramolecular Hbond substituents is 1. The lowest BCUT2D eigenvalue weighted by atomic mass is 9.77. The van der Waals surface area contributed by atoms with Gasteiger partial charge in [0.2, 0.25) is 0 Å². The van der Waals surface area contributed by atoms with Crippen LogP contribution in [0.15, 0.2) is 4.90 Å². The smallest absolute Gasteiger partial charge is 0.118 e. The monoisotopic (exact) mass is 174 g/mol. The van der Waals surface area contributed by atoms with E-state index >= 15 is 0 Å². The topological polar surface area (TPSA) is 20.2 Å². The van der Waals surface area contributed by atoms with Gasteiger partial charge in [-0.3, -0.25) is 0 Å². The Morgan fingerprint density at radius 2 is 1.58 bits per heavy atom. The van der Waals surface area contributed by atoms with Gasteiger partial charge in [-0.1, -0.05) is 10.9 Å². The second-order valence-electron chi connectivity index (χ2n) is 2.77. The van der Waals surface area contributed by atoms with Crippen molar-refractivity contribution in [3.8, 4) is 5.75 Å². The maximum atomic E-state index is 9.45. The normalized spacial score (nSPS) is 10.2. The van der Waals surface area contributed by atoms with Crippen LogP contribution in [0.2, 0.25) is 0 Å². The van der Waals surface area contributed by atoms with Gasteiger partial charge < -0.3 is 5.11 Å². The zero-order valence-corrected chi connectivity index (χ0v) is 7.94. The number of benzene rings is 1. The van der Waals surface area contributed by atoms with E-state index in [9.17, 15) is 5.11 Å². The lowest BCUT2D eigenvalue weighted by molar-refractivity contribution is 0.475. The number of hydrogen-bond donors (Lipinski definition) is 2. The molecule has 0 amide bonds. The van der Waals surface area contributed by atoms with Gasteiger partial charge in [-0.25, -0.2) is 0 Å². The van der Waals surface area contributed by atoms with E-state index in [2.05, 4.69) is 12.6 Å². The Kier molecular flexibility index (Phi) is 2.47. The van der Waals surface area contributed by atoms with Crippen LogP contribution in [0.1, 0.15) is 11.1 Å². The highest BCUT2D eigenvalue weighted by molar-refractivity contribution is 7.80. The van der Waals surface area contributed by atoms with Gasteiger partial charge in [0.1, 0.15) is 21.4 Å². The first-order valence-corrected chi connectivity index (χ1v) is 3.97. The Balaban J connectivity index is 3.60. The average molecular weight is 174 g/mol. The summed E-state index contributed by atoms with van der Waals surface area (Å²) >= 11 is 4.18. The molecule has 4 heteroatoms. The minimum absolute atomic E-state index is 0.0581. The predicted octanol–water partition coefficient (Wildman–Crippen LogP) is -0.115. The molecule has 1 nitrogen and oxygen atoms in total. The first kappa shape index (κ1) is 9.59. The molecule has 0 heterocycles. The highest BCUT2D eigenvalue weighted by Crippen LogP contribution is 2.20. The third-order valence-electron chi connectivity index (χ3n) is 2.07. The molecular weight excluding hydrogens is 166 g/mol. The Bertz CT molecular complexity index is 231. The van der Waals surface area contributed by atoms with Gasteiger partial charge in [0.05, 0.1) is 0 Å². The molecule has 0 aliphatic carbocycles. The fraction of sp³-hybridized carbons (Fsp3) is 0.250. The molecule has 0 aliphatic rings. The summed E-state index contributed by atoms with van der Waals surface area (Å²) in [7, 11) is 11.1. The summed E-state index contributed by atoms with van der Waals surface area (Å²) in [6.07, 6.45) is 0. The van der Waals surface area contributed by atoms with Crippen LogP contribution < -0.4 is 10.9 Å². The van der Waals surface area contributed by atoms with Gasteiger partial charge in [-0.2, -0.15) is 0 Å². The number of phenols is 1. The van der Waals surface area contributed by atoms with Crippen molar-refractivity contribution in [2.45, 2.75) is 18.7 Å². The minimum Gasteiger partial charge on any atom is -0.508 e. The SMILES string of the molecule is [B]c1c([B])c(S)c(C)c(C)c1O. The van der Waals surface area contributed by atoms with Crippen LogP contribution in [0.5, 0.6) is 5.75 Å². The van der Waals surface area contributed by atoms with E-state index in [1.54, 1.807) is 6.92 Å². The summed E-state index contributed by atoms with van der Waals surface area (Å²) < 4.78 is 0.